The number of fused-ring (bicyclic) bond motifs is 1. The van der Waals surface area contributed by atoms with Crippen molar-refractivity contribution in [2.24, 2.45) is 5.10 Å². The smallest absolute Gasteiger partial charge is 0.282 e. The van der Waals surface area contributed by atoms with Crippen LogP contribution < -0.4 is 5.56 Å². The molecule has 1 aromatic carbocycles. The van der Waals surface area contributed by atoms with Crippen LogP contribution in [0.25, 0.3) is 10.9 Å². The van der Waals surface area contributed by atoms with E-state index in [4.69, 9.17) is 4.98 Å². The minimum absolute atomic E-state index is 0.135. The maximum Gasteiger partial charge on any atom is 0.282 e. The van der Waals surface area contributed by atoms with E-state index >= 15 is 0 Å². The van der Waals surface area contributed by atoms with Crippen LogP contribution in [0.4, 0.5) is 0 Å². The molecule has 2 heterocycles. The SMILES string of the molecule is CC[C@@H](C)c1nc2ccc(Br)cc2c(=O)n1N=Cc1cccn1CC. The lowest BCUT2D eigenvalue weighted by Crippen LogP contribution is -2.24. The highest BCUT2D eigenvalue weighted by Gasteiger charge is 2.15. The van der Waals surface area contributed by atoms with E-state index in [1.807, 2.05) is 30.5 Å². The van der Waals surface area contributed by atoms with E-state index in [9.17, 15) is 4.79 Å². The number of nitrogens with zero attached hydrogens (tertiary/aromatic N) is 4. The minimum Gasteiger partial charge on any atom is -0.347 e. The molecular weight excluding hydrogens is 380 g/mol. The molecule has 2 aromatic heterocycles. The highest BCUT2D eigenvalue weighted by atomic mass is 79.9. The first kappa shape index (κ1) is 17.6. The zero-order valence-corrected chi connectivity index (χ0v) is 16.2. The topological polar surface area (TPSA) is 52.2 Å². The summed E-state index contributed by atoms with van der Waals surface area (Å²) in [5.74, 6) is 0.823. The zero-order chi connectivity index (χ0) is 18.0. The third-order valence-electron chi connectivity index (χ3n) is 4.40. The largest absolute Gasteiger partial charge is 0.347 e. The molecule has 0 N–H and O–H groups in total. The molecule has 0 unspecified atom stereocenters. The third-order valence-corrected chi connectivity index (χ3v) is 4.89. The Morgan fingerprint density at radius 3 is 2.84 bits per heavy atom. The van der Waals surface area contributed by atoms with Crippen molar-refractivity contribution in [3.8, 4) is 0 Å². The lowest BCUT2D eigenvalue weighted by atomic mass is 10.1. The van der Waals surface area contributed by atoms with Crippen LogP contribution in [-0.4, -0.2) is 20.4 Å². The van der Waals surface area contributed by atoms with E-state index in [2.05, 4.69) is 46.4 Å². The predicted octanol–water partition coefficient (Wildman–Crippen LogP) is 4.38. The Balaban J connectivity index is 2.20. The summed E-state index contributed by atoms with van der Waals surface area (Å²) in [6.07, 6.45) is 4.60. The number of hydrogen-bond acceptors (Lipinski definition) is 3. The average molecular weight is 401 g/mol. The van der Waals surface area contributed by atoms with Gasteiger partial charge in [-0.05, 0) is 43.7 Å². The van der Waals surface area contributed by atoms with Gasteiger partial charge in [0.15, 0.2) is 0 Å². The first-order chi connectivity index (χ1) is 12.0. The van der Waals surface area contributed by atoms with Crippen LogP contribution in [0, 0.1) is 0 Å². The Morgan fingerprint density at radius 1 is 1.32 bits per heavy atom. The Labute approximate surface area is 155 Å². The first-order valence-corrected chi connectivity index (χ1v) is 9.26. The Hall–Kier alpha value is -2.21. The van der Waals surface area contributed by atoms with Gasteiger partial charge >= 0.3 is 0 Å². The number of rotatable bonds is 5. The second kappa shape index (κ2) is 7.35. The molecule has 0 radical (unpaired) electrons. The van der Waals surface area contributed by atoms with E-state index in [1.165, 1.54) is 4.68 Å². The molecule has 0 fully saturated rings. The Morgan fingerprint density at radius 2 is 2.12 bits per heavy atom. The molecule has 0 aliphatic rings. The predicted molar refractivity (Wildman–Crippen MR) is 106 cm³/mol. The lowest BCUT2D eigenvalue weighted by Gasteiger charge is -2.14. The second-order valence-corrected chi connectivity index (χ2v) is 6.94. The van der Waals surface area contributed by atoms with Crippen LogP contribution in [0.2, 0.25) is 0 Å². The molecule has 1 atom stereocenters. The second-order valence-electron chi connectivity index (χ2n) is 6.02. The molecule has 0 saturated carbocycles. The molecule has 3 aromatic rings. The summed E-state index contributed by atoms with van der Waals surface area (Å²) < 4.78 is 4.36. The van der Waals surface area contributed by atoms with Crippen LogP contribution in [0.3, 0.4) is 0 Å². The fraction of sp³-hybridized carbons (Fsp3) is 0.316. The molecule has 0 bridgehead atoms. The molecular formula is C19H21BrN4O. The quantitative estimate of drug-likeness (QED) is 0.596. The summed E-state index contributed by atoms with van der Waals surface area (Å²) in [5.41, 5.74) is 1.51. The monoisotopic (exact) mass is 400 g/mol. The van der Waals surface area contributed by atoms with E-state index in [-0.39, 0.29) is 11.5 Å². The number of halogens is 1. The van der Waals surface area contributed by atoms with Gasteiger partial charge in [0.2, 0.25) is 0 Å². The van der Waals surface area contributed by atoms with Crippen LogP contribution in [0.1, 0.15) is 44.6 Å². The van der Waals surface area contributed by atoms with Crippen molar-refractivity contribution in [2.75, 3.05) is 0 Å². The summed E-state index contributed by atoms with van der Waals surface area (Å²) in [7, 11) is 0. The summed E-state index contributed by atoms with van der Waals surface area (Å²) in [5, 5.41) is 5.05. The van der Waals surface area contributed by atoms with Gasteiger partial charge in [-0.2, -0.15) is 9.78 Å². The van der Waals surface area contributed by atoms with Gasteiger partial charge in [-0.15, -0.1) is 0 Å². The van der Waals surface area contributed by atoms with Gasteiger partial charge in [0.25, 0.3) is 5.56 Å². The normalized spacial score (nSPS) is 13.0. The van der Waals surface area contributed by atoms with Crippen LogP contribution in [0.5, 0.6) is 0 Å². The summed E-state index contributed by atoms with van der Waals surface area (Å²) in [6, 6.07) is 9.51. The van der Waals surface area contributed by atoms with Crippen LogP contribution in [0.15, 0.2) is 50.9 Å². The van der Waals surface area contributed by atoms with E-state index in [1.54, 1.807) is 12.3 Å². The van der Waals surface area contributed by atoms with Gasteiger partial charge in [-0.3, -0.25) is 4.79 Å². The molecule has 5 nitrogen and oxygen atoms in total. The average Bonchev–Trinajstić information content (AvgIpc) is 3.08. The van der Waals surface area contributed by atoms with Crippen molar-refractivity contribution in [1.29, 1.82) is 0 Å². The van der Waals surface area contributed by atoms with Crippen molar-refractivity contribution < 1.29 is 0 Å². The molecule has 0 aliphatic heterocycles. The maximum atomic E-state index is 13.0. The van der Waals surface area contributed by atoms with Gasteiger partial charge in [0.05, 0.1) is 22.8 Å². The summed E-state index contributed by atoms with van der Waals surface area (Å²) >= 11 is 3.42. The molecule has 0 amide bonds. The summed E-state index contributed by atoms with van der Waals surface area (Å²) in [4.78, 5) is 17.7. The van der Waals surface area contributed by atoms with Crippen LogP contribution in [-0.2, 0) is 6.54 Å². The third kappa shape index (κ3) is 3.44. The van der Waals surface area contributed by atoms with Gasteiger partial charge < -0.3 is 4.57 Å². The number of hydrogen-bond donors (Lipinski definition) is 0. The van der Waals surface area contributed by atoms with Gasteiger partial charge in [0.1, 0.15) is 5.82 Å². The van der Waals surface area contributed by atoms with Crippen molar-refractivity contribution >= 4 is 33.0 Å². The number of aromatic nitrogens is 3. The molecule has 0 aliphatic carbocycles. The number of benzene rings is 1. The van der Waals surface area contributed by atoms with E-state index in [0.717, 1.165) is 23.1 Å². The first-order valence-electron chi connectivity index (χ1n) is 8.46. The highest BCUT2D eigenvalue weighted by Crippen LogP contribution is 2.20. The molecule has 0 spiro atoms. The van der Waals surface area contributed by atoms with Gasteiger partial charge in [-0.25, -0.2) is 4.98 Å². The van der Waals surface area contributed by atoms with Gasteiger partial charge in [-0.1, -0.05) is 29.8 Å². The van der Waals surface area contributed by atoms with Crippen molar-refractivity contribution in [2.45, 2.75) is 39.7 Å². The molecule has 25 heavy (non-hydrogen) atoms. The molecule has 130 valence electrons. The van der Waals surface area contributed by atoms with Crippen molar-refractivity contribution in [3.63, 3.8) is 0 Å². The van der Waals surface area contributed by atoms with Crippen molar-refractivity contribution in [3.05, 3.63) is 62.9 Å². The highest BCUT2D eigenvalue weighted by molar-refractivity contribution is 9.10. The maximum absolute atomic E-state index is 13.0. The fourth-order valence-corrected chi connectivity index (χ4v) is 3.09. The molecule has 3 rings (SSSR count). The zero-order valence-electron chi connectivity index (χ0n) is 14.6. The van der Waals surface area contributed by atoms with E-state index in [0.29, 0.717) is 16.7 Å². The fourth-order valence-electron chi connectivity index (χ4n) is 2.73. The Bertz CT molecular complexity index is 987. The van der Waals surface area contributed by atoms with Crippen molar-refractivity contribution in [1.82, 2.24) is 14.2 Å². The molecule has 0 saturated heterocycles. The minimum atomic E-state index is -0.146. The Kier molecular flexibility index (Phi) is 5.18. The lowest BCUT2D eigenvalue weighted by molar-refractivity contribution is 0.613. The number of aryl methyl sites for hydroxylation is 1. The summed E-state index contributed by atoms with van der Waals surface area (Å²) in [6.45, 7) is 7.07. The molecule has 6 heteroatoms. The standard InChI is InChI=1S/C19H21BrN4O/c1-4-13(3)18-22-17-9-8-14(20)11-16(17)19(25)24(18)21-12-15-7-6-10-23(15)5-2/h6-13H,4-5H2,1-3H3/t13-/m1/s1. The van der Waals surface area contributed by atoms with Crippen LogP contribution >= 0.6 is 15.9 Å². The van der Waals surface area contributed by atoms with E-state index < -0.39 is 0 Å². The van der Waals surface area contributed by atoms with Gasteiger partial charge in [0, 0.05) is 23.1 Å².